The second-order valence-corrected chi connectivity index (χ2v) is 11.4. The van der Waals surface area contributed by atoms with E-state index in [4.69, 9.17) is 0 Å². The number of sulfone groups is 1. The van der Waals surface area contributed by atoms with Gasteiger partial charge in [-0.15, -0.1) is 0 Å². The van der Waals surface area contributed by atoms with Gasteiger partial charge >= 0.3 is 6.03 Å². The summed E-state index contributed by atoms with van der Waals surface area (Å²) in [6.45, 7) is 2.53. The van der Waals surface area contributed by atoms with Crippen molar-refractivity contribution in [3.05, 3.63) is 54.1 Å². The zero-order chi connectivity index (χ0) is 22.8. The lowest BCUT2D eigenvalue weighted by molar-refractivity contribution is 0.155. The maximum atomic E-state index is 13.1. The van der Waals surface area contributed by atoms with Crippen molar-refractivity contribution in [2.75, 3.05) is 27.2 Å². The number of carbonyl (C=O) groups is 1. The quantitative estimate of drug-likeness (QED) is 0.729. The molecule has 0 atom stereocenters. The number of sulfonamides is 1. The van der Waals surface area contributed by atoms with E-state index in [9.17, 15) is 21.6 Å². The third-order valence-electron chi connectivity index (χ3n) is 5.28. The van der Waals surface area contributed by atoms with Crippen LogP contribution in [0.25, 0.3) is 0 Å². The van der Waals surface area contributed by atoms with Crippen molar-refractivity contribution in [3.63, 3.8) is 0 Å². The number of hydrogen-bond donors (Lipinski definition) is 1. The number of likely N-dealkylation sites (tertiary alicyclic amines) is 1. The van der Waals surface area contributed by atoms with Crippen LogP contribution in [0.1, 0.15) is 18.4 Å². The molecule has 0 bridgehead atoms. The standard InChI is InChI=1S/C21H27N3O5S2/c1-16-9-10-19(30(26,27)18-7-5-4-6-8-18)15-20(16)31(28,29)22-17-11-13-24(14-12-17)21(25)23(2)3/h4-10,15,17,22H,11-14H2,1-3H3. The molecular weight excluding hydrogens is 438 g/mol. The fourth-order valence-electron chi connectivity index (χ4n) is 3.53. The molecule has 10 heteroatoms. The van der Waals surface area contributed by atoms with Gasteiger partial charge in [0.1, 0.15) is 0 Å². The van der Waals surface area contributed by atoms with Crippen LogP contribution in [0.4, 0.5) is 4.79 Å². The highest BCUT2D eigenvalue weighted by molar-refractivity contribution is 7.91. The van der Waals surface area contributed by atoms with E-state index < -0.39 is 19.9 Å². The topological polar surface area (TPSA) is 104 Å². The van der Waals surface area contributed by atoms with Crippen LogP contribution in [0.3, 0.4) is 0 Å². The van der Waals surface area contributed by atoms with Crippen LogP contribution in [0.2, 0.25) is 0 Å². The highest BCUT2D eigenvalue weighted by Crippen LogP contribution is 2.26. The molecule has 2 amide bonds. The summed E-state index contributed by atoms with van der Waals surface area (Å²) in [4.78, 5) is 15.2. The monoisotopic (exact) mass is 465 g/mol. The Morgan fingerprint density at radius 3 is 2.16 bits per heavy atom. The first-order valence-electron chi connectivity index (χ1n) is 9.92. The molecule has 0 unspecified atom stereocenters. The molecule has 8 nitrogen and oxygen atoms in total. The minimum absolute atomic E-state index is 0.0590. The molecule has 1 N–H and O–H groups in total. The summed E-state index contributed by atoms with van der Waals surface area (Å²) in [5.41, 5.74) is 0.458. The molecule has 0 spiro atoms. The van der Waals surface area contributed by atoms with E-state index >= 15 is 0 Å². The predicted octanol–water partition coefficient (Wildman–Crippen LogP) is 2.25. The summed E-state index contributed by atoms with van der Waals surface area (Å²) in [6.07, 6.45) is 0.972. The van der Waals surface area contributed by atoms with Crippen molar-refractivity contribution < 1.29 is 21.6 Å². The summed E-state index contributed by atoms with van der Waals surface area (Å²) in [7, 11) is -4.42. The molecular formula is C21H27N3O5S2. The van der Waals surface area contributed by atoms with Crippen LogP contribution in [0.15, 0.2) is 63.2 Å². The lowest BCUT2D eigenvalue weighted by Crippen LogP contribution is -2.49. The first-order chi connectivity index (χ1) is 14.5. The largest absolute Gasteiger partial charge is 0.331 e. The molecule has 0 aromatic heterocycles. The number of hydrogen-bond acceptors (Lipinski definition) is 5. The van der Waals surface area contributed by atoms with Crippen LogP contribution in [0, 0.1) is 6.92 Å². The SMILES string of the molecule is Cc1ccc(S(=O)(=O)c2ccccc2)cc1S(=O)(=O)NC1CCN(C(=O)N(C)C)CC1. The summed E-state index contributed by atoms with van der Waals surface area (Å²) < 4.78 is 54.6. The molecule has 1 fully saturated rings. The second kappa shape index (κ2) is 8.97. The summed E-state index contributed by atoms with van der Waals surface area (Å²) in [6, 6.07) is 11.6. The number of piperidine rings is 1. The van der Waals surface area contributed by atoms with E-state index in [1.165, 1.54) is 35.2 Å². The van der Waals surface area contributed by atoms with Gasteiger partial charge in [-0.3, -0.25) is 0 Å². The van der Waals surface area contributed by atoms with Gasteiger partial charge in [-0.1, -0.05) is 24.3 Å². The van der Waals surface area contributed by atoms with Crippen LogP contribution in [-0.2, 0) is 19.9 Å². The molecule has 1 heterocycles. The lowest BCUT2D eigenvalue weighted by Gasteiger charge is -2.33. The van der Waals surface area contributed by atoms with Crippen LogP contribution in [0.5, 0.6) is 0 Å². The van der Waals surface area contributed by atoms with Crippen molar-refractivity contribution >= 4 is 25.9 Å². The zero-order valence-electron chi connectivity index (χ0n) is 17.8. The smallest absolute Gasteiger partial charge is 0.319 e. The number of aryl methyl sites for hydroxylation is 1. The van der Waals surface area contributed by atoms with Crippen molar-refractivity contribution in [1.82, 2.24) is 14.5 Å². The summed E-state index contributed by atoms with van der Waals surface area (Å²) >= 11 is 0. The molecule has 0 radical (unpaired) electrons. The molecule has 2 aromatic rings. The van der Waals surface area contributed by atoms with Gasteiger partial charge in [-0.25, -0.2) is 26.4 Å². The van der Waals surface area contributed by atoms with E-state index in [1.54, 1.807) is 44.1 Å². The van der Waals surface area contributed by atoms with Crippen molar-refractivity contribution in [1.29, 1.82) is 0 Å². The Balaban J connectivity index is 1.81. The average Bonchev–Trinajstić information content (AvgIpc) is 2.74. The Labute approximate surface area is 183 Å². The molecule has 3 rings (SSSR count). The average molecular weight is 466 g/mol. The summed E-state index contributed by atoms with van der Waals surface area (Å²) in [5, 5.41) is 0. The van der Waals surface area contributed by atoms with Gasteiger partial charge in [0.05, 0.1) is 14.7 Å². The van der Waals surface area contributed by atoms with E-state index in [1.807, 2.05) is 0 Å². The number of amides is 2. The van der Waals surface area contributed by atoms with Crippen molar-refractivity contribution in [2.45, 2.75) is 40.5 Å². The van der Waals surface area contributed by atoms with E-state index in [2.05, 4.69) is 4.72 Å². The highest BCUT2D eigenvalue weighted by Gasteiger charge is 2.29. The Morgan fingerprint density at radius 2 is 1.58 bits per heavy atom. The number of nitrogens with zero attached hydrogens (tertiary/aromatic N) is 2. The van der Waals surface area contributed by atoms with E-state index in [0.29, 0.717) is 31.5 Å². The second-order valence-electron chi connectivity index (χ2n) is 7.80. The van der Waals surface area contributed by atoms with Gasteiger partial charge in [0.25, 0.3) is 0 Å². The first kappa shape index (κ1) is 23.2. The first-order valence-corrected chi connectivity index (χ1v) is 12.9. The molecule has 0 aliphatic carbocycles. The predicted molar refractivity (Wildman–Crippen MR) is 117 cm³/mol. The molecule has 31 heavy (non-hydrogen) atoms. The highest BCUT2D eigenvalue weighted by atomic mass is 32.2. The molecule has 168 valence electrons. The molecule has 1 aliphatic rings. The van der Waals surface area contributed by atoms with Crippen LogP contribution in [-0.4, -0.2) is 65.9 Å². The molecule has 0 saturated carbocycles. The van der Waals surface area contributed by atoms with Gasteiger partial charge < -0.3 is 9.80 Å². The minimum atomic E-state index is -3.94. The third-order valence-corrected chi connectivity index (χ3v) is 8.71. The zero-order valence-corrected chi connectivity index (χ0v) is 19.4. The maximum Gasteiger partial charge on any atom is 0.319 e. The third kappa shape index (κ3) is 5.08. The Hall–Kier alpha value is -2.43. The van der Waals surface area contributed by atoms with Gasteiger partial charge in [0.2, 0.25) is 19.9 Å². The fourth-order valence-corrected chi connectivity index (χ4v) is 6.49. The maximum absolute atomic E-state index is 13.1. The summed E-state index contributed by atoms with van der Waals surface area (Å²) in [5.74, 6) is 0. The number of urea groups is 1. The van der Waals surface area contributed by atoms with E-state index in [0.717, 1.165) is 0 Å². The van der Waals surface area contributed by atoms with Crippen LogP contribution < -0.4 is 4.72 Å². The van der Waals surface area contributed by atoms with Gasteiger partial charge in [-0.05, 0) is 49.6 Å². The Bertz CT molecular complexity index is 1150. The number of rotatable bonds is 5. The number of carbonyl (C=O) groups excluding carboxylic acids is 1. The van der Waals surface area contributed by atoms with E-state index in [-0.39, 0.29) is 26.8 Å². The van der Waals surface area contributed by atoms with Gasteiger partial charge in [0.15, 0.2) is 0 Å². The van der Waals surface area contributed by atoms with Crippen LogP contribution >= 0.6 is 0 Å². The fraction of sp³-hybridized carbons (Fsp3) is 0.381. The van der Waals surface area contributed by atoms with Gasteiger partial charge in [-0.2, -0.15) is 0 Å². The molecule has 1 saturated heterocycles. The lowest BCUT2D eigenvalue weighted by atomic mass is 10.1. The Kier molecular flexibility index (Phi) is 6.73. The normalized spacial score (nSPS) is 15.6. The van der Waals surface area contributed by atoms with Gasteiger partial charge in [0, 0.05) is 33.2 Å². The van der Waals surface area contributed by atoms with Crippen molar-refractivity contribution in [3.8, 4) is 0 Å². The molecule has 1 aliphatic heterocycles. The van der Waals surface area contributed by atoms with Crippen molar-refractivity contribution in [2.24, 2.45) is 0 Å². The molecule has 2 aromatic carbocycles. The Morgan fingerprint density at radius 1 is 0.968 bits per heavy atom. The minimum Gasteiger partial charge on any atom is -0.331 e. The number of benzene rings is 2. The number of nitrogens with one attached hydrogen (secondary N) is 1.